The number of aromatic nitrogens is 1. The van der Waals surface area contributed by atoms with Gasteiger partial charge in [-0.25, -0.2) is 0 Å². The molecule has 1 aromatic heterocycles. The number of rotatable bonds is 0. The van der Waals surface area contributed by atoms with Crippen LogP contribution >= 0.6 is 0 Å². The van der Waals surface area contributed by atoms with Crippen molar-refractivity contribution in [1.82, 2.24) is 0 Å². The van der Waals surface area contributed by atoms with Crippen LogP contribution in [0.4, 0.5) is 0 Å². The average molecular weight is 334 g/mol. The van der Waals surface area contributed by atoms with E-state index >= 15 is 0 Å². The van der Waals surface area contributed by atoms with E-state index in [9.17, 15) is 0 Å². The molecule has 0 N–H and O–H groups in total. The normalized spacial score (nSPS) is 25.7. The second-order valence-electron chi connectivity index (χ2n) is 8.04. The van der Waals surface area contributed by atoms with Crippen molar-refractivity contribution in [3.8, 4) is 11.3 Å². The minimum Gasteiger partial charge on any atom is -0.187 e. The van der Waals surface area contributed by atoms with Crippen LogP contribution in [0.5, 0.6) is 0 Å². The number of hydrogen-bond donors (Lipinski definition) is 0. The van der Waals surface area contributed by atoms with Crippen LogP contribution in [-0.2, 0) is 11.0 Å². The third-order valence-electron chi connectivity index (χ3n) is 7.12. The fourth-order valence-electron chi connectivity index (χ4n) is 5.29. The van der Waals surface area contributed by atoms with Gasteiger partial charge in [-0.1, -0.05) is 49.0 Å². The topological polar surface area (TPSA) is 3.88 Å². The molecule has 3 aromatic carbocycles. The molecule has 124 valence electrons. The highest BCUT2D eigenvalue weighted by molar-refractivity contribution is 5.99. The molecular weight excluding hydrogens is 314 g/mol. The van der Waals surface area contributed by atoms with E-state index in [1.54, 1.807) is 0 Å². The Morgan fingerprint density at radius 2 is 1.46 bits per heavy atom. The van der Waals surface area contributed by atoms with E-state index < -0.39 is 0 Å². The Balaban J connectivity index is 1.86. The van der Waals surface area contributed by atoms with Crippen molar-refractivity contribution in [1.29, 1.82) is 0 Å². The highest BCUT2D eigenvalue weighted by Gasteiger charge is 2.77. The maximum Gasteiger partial charge on any atom is 0.221 e. The first-order chi connectivity index (χ1) is 12.6. The Morgan fingerprint density at radius 1 is 0.808 bits per heavy atom. The van der Waals surface area contributed by atoms with Gasteiger partial charge in [-0.05, 0) is 46.8 Å². The number of fused-ring (bicyclic) bond motifs is 9. The van der Waals surface area contributed by atoms with Gasteiger partial charge in [0.05, 0.1) is 16.4 Å². The van der Waals surface area contributed by atoms with Gasteiger partial charge in [0, 0.05) is 18.6 Å². The lowest BCUT2D eigenvalue weighted by molar-refractivity contribution is -0.726. The van der Waals surface area contributed by atoms with E-state index in [2.05, 4.69) is 97.9 Å². The van der Waals surface area contributed by atoms with Crippen LogP contribution in [0.15, 0.2) is 85.1 Å². The van der Waals surface area contributed by atoms with Gasteiger partial charge < -0.3 is 0 Å². The summed E-state index contributed by atoms with van der Waals surface area (Å²) in [7, 11) is 0. The smallest absolute Gasteiger partial charge is 0.187 e. The molecule has 0 radical (unpaired) electrons. The van der Waals surface area contributed by atoms with Crippen LogP contribution in [0.3, 0.4) is 0 Å². The molecule has 4 aromatic rings. The molecule has 1 aliphatic heterocycles. The zero-order chi connectivity index (χ0) is 17.7. The van der Waals surface area contributed by atoms with Gasteiger partial charge >= 0.3 is 0 Å². The predicted molar refractivity (Wildman–Crippen MR) is 107 cm³/mol. The number of pyridine rings is 1. The van der Waals surface area contributed by atoms with Crippen LogP contribution in [0.2, 0.25) is 0 Å². The third-order valence-corrected chi connectivity index (χ3v) is 7.12. The van der Waals surface area contributed by atoms with Crippen molar-refractivity contribution < 1.29 is 4.57 Å². The zero-order valence-corrected chi connectivity index (χ0v) is 15.1. The largest absolute Gasteiger partial charge is 0.221 e. The molecule has 1 saturated carbocycles. The molecule has 2 unspecified atom stereocenters. The predicted octanol–water partition coefficient (Wildman–Crippen LogP) is 5.50. The van der Waals surface area contributed by atoms with Crippen LogP contribution in [0.1, 0.15) is 19.4 Å². The van der Waals surface area contributed by atoms with Crippen LogP contribution in [0.25, 0.3) is 32.8 Å². The Morgan fingerprint density at radius 3 is 2.23 bits per heavy atom. The van der Waals surface area contributed by atoms with Crippen LogP contribution in [0, 0.1) is 0 Å². The summed E-state index contributed by atoms with van der Waals surface area (Å²) in [5.74, 6) is 0. The van der Waals surface area contributed by atoms with Crippen molar-refractivity contribution in [3.63, 3.8) is 0 Å². The average Bonchev–Trinajstić information content (AvgIpc) is 3.14. The molecule has 1 fully saturated rings. The fraction of sp³-hybridized carbons (Fsp3) is 0.160. The number of nitrogens with zero attached hydrogens (tertiary/aromatic N) is 1. The Labute approximate surface area is 153 Å². The quantitative estimate of drug-likeness (QED) is 0.295. The first-order valence-electron chi connectivity index (χ1n) is 9.24. The molecule has 2 heterocycles. The van der Waals surface area contributed by atoms with Gasteiger partial charge in [-0.3, -0.25) is 0 Å². The standard InChI is InChI=1S/C25H20N/c1-16-24(2)22-15-19-10-5-4-9-18(19)14-21(22)23-20-11-7-6-8-17(20)12-13-26(23)25(16,24)3/h4-15H,1H2,2-3H3/q+1. The first-order valence-corrected chi connectivity index (χ1v) is 9.24. The minimum absolute atomic E-state index is 0.00745. The Kier molecular flexibility index (Phi) is 2.33. The summed E-state index contributed by atoms with van der Waals surface area (Å²) >= 11 is 0. The number of benzene rings is 3. The second kappa shape index (κ2) is 4.24. The molecule has 0 saturated heterocycles. The molecule has 6 rings (SSSR count). The van der Waals surface area contributed by atoms with Gasteiger partial charge in [0.25, 0.3) is 0 Å². The van der Waals surface area contributed by atoms with Gasteiger partial charge in [0.1, 0.15) is 0 Å². The Hall–Kier alpha value is -2.93. The monoisotopic (exact) mass is 334 g/mol. The van der Waals surface area contributed by atoms with Crippen molar-refractivity contribution in [3.05, 3.63) is 90.6 Å². The van der Waals surface area contributed by atoms with Gasteiger partial charge in [-0.15, -0.1) is 0 Å². The molecule has 26 heavy (non-hydrogen) atoms. The summed E-state index contributed by atoms with van der Waals surface area (Å²) in [6.45, 7) is 9.19. The highest BCUT2D eigenvalue weighted by atomic mass is 15.2. The van der Waals surface area contributed by atoms with E-state index in [4.69, 9.17) is 0 Å². The summed E-state index contributed by atoms with van der Waals surface area (Å²) in [5.41, 5.74) is 5.33. The van der Waals surface area contributed by atoms with E-state index in [0.717, 1.165) is 0 Å². The fourth-order valence-corrected chi connectivity index (χ4v) is 5.29. The van der Waals surface area contributed by atoms with Crippen molar-refractivity contribution in [2.75, 3.05) is 0 Å². The first kappa shape index (κ1) is 14.3. The van der Waals surface area contributed by atoms with E-state index in [0.29, 0.717) is 0 Å². The summed E-state index contributed by atoms with van der Waals surface area (Å²) in [6, 6.07) is 24.4. The molecule has 2 atom stereocenters. The maximum absolute atomic E-state index is 4.49. The van der Waals surface area contributed by atoms with Crippen molar-refractivity contribution >= 4 is 21.5 Å². The highest BCUT2D eigenvalue weighted by Crippen LogP contribution is 2.67. The summed E-state index contributed by atoms with van der Waals surface area (Å²) in [5, 5.41) is 5.21. The lowest BCUT2D eigenvalue weighted by Gasteiger charge is -2.25. The van der Waals surface area contributed by atoms with Crippen LogP contribution < -0.4 is 4.57 Å². The maximum atomic E-state index is 4.49. The SMILES string of the molecule is C=C1C2(C)c3cc4ccccc4cc3-c3c4ccccc4cc[n+]3C12C. The second-order valence-corrected chi connectivity index (χ2v) is 8.04. The molecule has 0 spiro atoms. The summed E-state index contributed by atoms with van der Waals surface area (Å²) in [4.78, 5) is 0. The molecular formula is C25H20N+. The Bertz CT molecular complexity index is 1270. The van der Waals surface area contributed by atoms with E-state index in [1.807, 2.05) is 0 Å². The summed E-state index contributed by atoms with van der Waals surface area (Å²) in [6.07, 6.45) is 2.26. The van der Waals surface area contributed by atoms with Crippen LogP contribution in [-0.4, -0.2) is 0 Å². The molecule has 0 amide bonds. The van der Waals surface area contributed by atoms with Gasteiger partial charge in [0.15, 0.2) is 6.20 Å². The van der Waals surface area contributed by atoms with Crippen molar-refractivity contribution in [2.24, 2.45) is 0 Å². The van der Waals surface area contributed by atoms with E-state index in [-0.39, 0.29) is 11.0 Å². The molecule has 1 heteroatoms. The third kappa shape index (κ3) is 1.36. The zero-order valence-electron chi connectivity index (χ0n) is 15.1. The lowest BCUT2D eigenvalue weighted by atomic mass is 9.81. The van der Waals surface area contributed by atoms with Gasteiger partial charge in [0.2, 0.25) is 11.2 Å². The molecule has 0 bridgehead atoms. The lowest BCUT2D eigenvalue weighted by Crippen LogP contribution is -2.52. The molecule has 2 aliphatic rings. The number of hydrogen-bond acceptors (Lipinski definition) is 0. The van der Waals surface area contributed by atoms with E-state index in [1.165, 1.54) is 43.9 Å². The number of allylic oxidation sites excluding steroid dienone is 1. The molecule has 1 aliphatic carbocycles. The summed E-state index contributed by atoms with van der Waals surface area (Å²) < 4.78 is 2.47. The molecule has 1 nitrogen and oxygen atoms in total. The van der Waals surface area contributed by atoms with Crippen molar-refractivity contribution in [2.45, 2.75) is 24.8 Å². The van der Waals surface area contributed by atoms with Gasteiger partial charge in [-0.2, -0.15) is 4.57 Å². The minimum atomic E-state index is -0.0537.